The SMILES string of the molecule is CC(C)CCn1nc(-c2cccs2)c(O)c(C2=NS(=O)(=O)c3cccc(C(N)=O)c3N2)c1=O. The van der Waals surface area contributed by atoms with Crippen molar-refractivity contribution in [3.63, 3.8) is 0 Å². The quantitative estimate of drug-likeness (QED) is 0.482. The number of sulfonamides is 1. The molecule has 1 aromatic carbocycles. The molecule has 1 aliphatic rings. The summed E-state index contributed by atoms with van der Waals surface area (Å²) in [6.07, 6.45) is 0.633. The van der Waals surface area contributed by atoms with Crippen molar-refractivity contribution in [2.45, 2.75) is 31.7 Å². The molecule has 0 saturated heterocycles. The van der Waals surface area contributed by atoms with E-state index >= 15 is 0 Å². The fraction of sp³-hybridized carbons (Fsp3) is 0.238. The van der Waals surface area contributed by atoms with Gasteiger partial charge in [-0.2, -0.15) is 13.5 Å². The third kappa shape index (κ3) is 4.14. The Morgan fingerprint density at radius 3 is 2.67 bits per heavy atom. The van der Waals surface area contributed by atoms with Crippen LogP contribution in [0.5, 0.6) is 5.75 Å². The molecule has 12 heteroatoms. The predicted molar refractivity (Wildman–Crippen MR) is 125 cm³/mol. The van der Waals surface area contributed by atoms with Gasteiger partial charge in [-0.05, 0) is 35.9 Å². The first-order valence-electron chi connectivity index (χ1n) is 10.0. The van der Waals surface area contributed by atoms with Gasteiger partial charge in [0, 0.05) is 6.54 Å². The molecule has 33 heavy (non-hydrogen) atoms. The van der Waals surface area contributed by atoms with E-state index in [0.717, 1.165) is 0 Å². The van der Waals surface area contributed by atoms with Gasteiger partial charge in [0.2, 0.25) is 0 Å². The number of rotatable bonds is 6. The lowest BCUT2D eigenvalue weighted by atomic mass is 10.1. The van der Waals surface area contributed by atoms with E-state index in [1.807, 2.05) is 13.8 Å². The standard InChI is InChI=1S/C21H21N5O5S2/c1-11(2)8-9-26-21(29)15(18(27)17(24-26)13-6-4-10-32-13)20-23-16-12(19(22)28)5-3-7-14(16)33(30,31)25-20/h3-7,10-11,27H,8-9H2,1-2H3,(H2,22,28)(H,23,25). The maximum absolute atomic E-state index is 13.3. The molecule has 0 saturated carbocycles. The number of amides is 1. The number of carbonyl (C=O) groups excluding carboxylic acids is 1. The number of para-hydroxylation sites is 1. The van der Waals surface area contributed by atoms with Crippen LogP contribution < -0.4 is 16.6 Å². The Kier molecular flexibility index (Phi) is 5.80. The minimum absolute atomic E-state index is 0.0874. The monoisotopic (exact) mass is 487 g/mol. The maximum Gasteiger partial charge on any atom is 0.286 e. The van der Waals surface area contributed by atoms with Gasteiger partial charge in [-0.25, -0.2) is 4.68 Å². The maximum atomic E-state index is 13.3. The normalized spacial score (nSPS) is 14.5. The summed E-state index contributed by atoms with van der Waals surface area (Å²) in [5, 5.41) is 19.9. The summed E-state index contributed by atoms with van der Waals surface area (Å²) in [5.41, 5.74) is 4.28. The van der Waals surface area contributed by atoms with Crippen molar-refractivity contribution < 1.29 is 18.3 Å². The van der Waals surface area contributed by atoms with Gasteiger partial charge in [0.15, 0.2) is 11.6 Å². The minimum atomic E-state index is -4.29. The molecular formula is C21H21N5O5S2. The van der Waals surface area contributed by atoms with E-state index in [9.17, 15) is 23.1 Å². The number of aromatic nitrogens is 2. The summed E-state index contributed by atoms with van der Waals surface area (Å²) in [6, 6.07) is 7.49. The Morgan fingerprint density at radius 2 is 2.03 bits per heavy atom. The van der Waals surface area contributed by atoms with Crippen molar-refractivity contribution >= 4 is 38.8 Å². The molecule has 1 amide bonds. The zero-order chi connectivity index (χ0) is 23.9. The van der Waals surface area contributed by atoms with Gasteiger partial charge >= 0.3 is 0 Å². The molecule has 0 fully saturated rings. The van der Waals surface area contributed by atoms with Gasteiger partial charge in [-0.3, -0.25) is 9.59 Å². The Morgan fingerprint density at radius 1 is 1.27 bits per heavy atom. The topological polar surface area (TPSA) is 157 Å². The zero-order valence-electron chi connectivity index (χ0n) is 17.8. The van der Waals surface area contributed by atoms with Crippen LogP contribution >= 0.6 is 11.3 Å². The third-order valence-corrected chi connectivity index (χ3v) is 7.26. The molecule has 4 rings (SSSR count). The second kappa shape index (κ2) is 8.45. The molecule has 2 aromatic heterocycles. The molecule has 0 atom stereocenters. The lowest BCUT2D eigenvalue weighted by molar-refractivity contribution is 0.100. The second-order valence-corrected chi connectivity index (χ2v) is 10.4. The van der Waals surface area contributed by atoms with E-state index in [-0.39, 0.29) is 39.9 Å². The first kappa shape index (κ1) is 22.7. The lowest BCUT2D eigenvalue weighted by Crippen LogP contribution is -2.35. The Balaban J connectivity index is 1.96. The highest BCUT2D eigenvalue weighted by Crippen LogP contribution is 2.35. The van der Waals surface area contributed by atoms with Crippen LogP contribution in [0.3, 0.4) is 0 Å². The predicted octanol–water partition coefficient (Wildman–Crippen LogP) is 2.38. The molecule has 3 heterocycles. The number of aryl methyl sites for hydroxylation is 1. The van der Waals surface area contributed by atoms with Crippen molar-refractivity contribution in [3.05, 3.63) is 57.2 Å². The van der Waals surface area contributed by atoms with Gasteiger partial charge in [0.05, 0.1) is 16.1 Å². The van der Waals surface area contributed by atoms with Crippen molar-refractivity contribution in [1.82, 2.24) is 9.78 Å². The molecule has 0 radical (unpaired) electrons. The van der Waals surface area contributed by atoms with Crippen molar-refractivity contribution in [3.8, 4) is 16.3 Å². The summed E-state index contributed by atoms with van der Waals surface area (Å²) >= 11 is 1.30. The molecule has 0 spiro atoms. The van der Waals surface area contributed by atoms with Crippen LogP contribution in [-0.4, -0.2) is 35.0 Å². The smallest absolute Gasteiger partial charge is 0.286 e. The van der Waals surface area contributed by atoms with Gasteiger partial charge < -0.3 is 16.2 Å². The highest BCUT2D eigenvalue weighted by molar-refractivity contribution is 7.90. The van der Waals surface area contributed by atoms with Gasteiger partial charge in [-0.15, -0.1) is 15.7 Å². The van der Waals surface area contributed by atoms with Gasteiger partial charge in [0.25, 0.3) is 21.5 Å². The number of nitrogens with two attached hydrogens (primary N) is 1. The zero-order valence-corrected chi connectivity index (χ0v) is 19.4. The van der Waals surface area contributed by atoms with Gasteiger partial charge in [0.1, 0.15) is 16.2 Å². The molecule has 0 unspecified atom stereocenters. The summed E-state index contributed by atoms with van der Waals surface area (Å²) < 4.78 is 30.7. The number of anilines is 1. The number of hydrogen-bond acceptors (Lipinski definition) is 8. The number of carbonyl (C=O) groups is 1. The van der Waals surface area contributed by atoms with Crippen LogP contribution in [0, 0.1) is 5.92 Å². The van der Waals surface area contributed by atoms with E-state index in [0.29, 0.717) is 11.3 Å². The lowest BCUT2D eigenvalue weighted by Gasteiger charge is -2.21. The summed E-state index contributed by atoms with van der Waals surface area (Å²) in [5.74, 6) is -1.50. The Hall–Kier alpha value is -3.51. The fourth-order valence-corrected chi connectivity index (χ4v) is 5.24. The van der Waals surface area contributed by atoms with Gasteiger partial charge in [-0.1, -0.05) is 26.0 Å². The molecular weight excluding hydrogens is 466 g/mol. The Labute approximate surface area is 193 Å². The average Bonchev–Trinajstić information content (AvgIpc) is 3.27. The number of amidine groups is 1. The first-order valence-corrected chi connectivity index (χ1v) is 12.3. The minimum Gasteiger partial charge on any atom is -0.505 e. The highest BCUT2D eigenvalue weighted by atomic mass is 32.2. The highest BCUT2D eigenvalue weighted by Gasteiger charge is 2.32. The number of nitrogens with zero attached hydrogens (tertiary/aromatic N) is 3. The number of thiophene rings is 1. The van der Waals surface area contributed by atoms with Crippen LogP contribution in [0.1, 0.15) is 36.2 Å². The summed E-state index contributed by atoms with van der Waals surface area (Å²) in [4.78, 5) is 25.5. The Bertz CT molecular complexity index is 1440. The number of benzene rings is 1. The second-order valence-electron chi connectivity index (χ2n) is 7.84. The molecule has 4 N–H and O–H groups in total. The molecule has 10 nitrogen and oxygen atoms in total. The van der Waals surface area contributed by atoms with E-state index in [4.69, 9.17) is 5.73 Å². The van der Waals surface area contributed by atoms with Crippen LogP contribution in [0.4, 0.5) is 5.69 Å². The average molecular weight is 488 g/mol. The molecule has 0 bridgehead atoms. The molecule has 0 aliphatic carbocycles. The third-order valence-electron chi connectivity index (χ3n) is 5.06. The molecule has 1 aliphatic heterocycles. The number of aromatic hydroxyl groups is 1. The first-order chi connectivity index (χ1) is 15.6. The largest absolute Gasteiger partial charge is 0.505 e. The van der Waals surface area contributed by atoms with Crippen molar-refractivity contribution in [2.24, 2.45) is 16.0 Å². The van der Waals surface area contributed by atoms with Crippen LogP contribution in [0.25, 0.3) is 10.6 Å². The van der Waals surface area contributed by atoms with Crippen LogP contribution in [-0.2, 0) is 16.6 Å². The van der Waals surface area contributed by atoms with E-state index < -0.39 is 33.1 Å². The molecule has 172 valence electrons. The van der Waals surface area contributed by atoms with Crippen LogP contribution in [0.2, 0.25) is 0 Å². The summed E-state index contributed by atoms with van der Waals surface area (Å²) in [7, 11) is -4.29. The number of nitrogens with one attached hydrogen (secondary N) is 1. The number of hydrogen-bond donors (Lipinski definition) is 3. The van der Waals surface area contributed by atoms with E-state index in [1.165, 1.54) is 34.2 Å². The van der Waals surface area contributed by atoms with E-state index in [2.05, 4.69) is 14.8 Å². The fourth-order valence-electron chi connectivity index (χ4n) is 3.39. The number of primary amides is 1. The van der Waals surface area contributed by atoms with Crippen molar-refractivity contribution in [1.29, 1.82) is 0 Å². The summed E-state index contributed by atoms with van der Waals surface area (Å²) in [6.45, 7) is 4.24. The van der Waals surface area contributed by atoms with Crippen LogP contribution in [0.15, 0.2) is 49.8 Å². The van der Waals surface area contributed by atoms with E-state index in [1.54, 1.807) is 17.5 Å². The van der Waals surface area contributed by atoms with Crippen molar-refractivity contribution in [2.75, 3.05) is 5.32 Å². The number of fused-ring (bicyclic) bond motifs is 1. The molecule has 3 aromatic rings.